The van der Waals surface area contributed by atoms with Gasteiger partial charge in [-0.05, 0) is 58.4 Å². The standard InChI is InChI=1S/C17H25N3O2/c1-18(2)9-8-13-11-20(17(21)12-19(3)4)16-7-6-14(22-5)10-15(13)16/h6-7,10-11H,8-9,12H2,1-5H3. The van der Waals surface area contributed by atoms with E-state index in [1.807, 2.05) is 43.4 Å². The number of hydrogen-bond acceptors (Lipinski definition) is 4. The molecule has 0 bridgehead atoms. The monoisotopic (exact) mass is 303 g/mol. The second-order valence-electron chi connectivity index (χ2n) is 6.09. The number of carbonyl (C=O) groups excluding carboxylic acids is 1. The number of aromatic nitrogens is 1. The first kappa shape index (κ1) is 16.5. The Kier molecular flexibility index (Phi) is 5.21. The van der Waals surface area contributed by atoms with Crippen LogP contribution in [0.5, 0.6) is 5.75 Å². The number of methoxy groups -OCH3 is 1. The van der Waals surface area contributed by atoms with Crippen molar-refractivity contribution in [2.75, 3.05) is 48.4 Å². The zero-order valence-electron chi connectivity index (χ0n) is 14.1. The van der Waals surface area contributed by atoms with Gasteiger partial charge in [0.05, 0.1) is 19.2 Å². The van der Waals surface area contributed by atoms with Gasteiger partial charge >= 0.3 is 0 Å². The van der Waals surface area contributed by atoms with Crippen LogP contribution in [0.3, 0.4) is 0 Å². The lowest BCUT2D eigenvalue weighted by atomic mass is 10.1. The minimum atomic E-state index is 0.0799. The summed E-state index contributed by atoms with van der Waals surface area (Å²) in [5, 5.41) is 1.09. The van der Waals surface area contributed by atoms with Crippen LogP contribution in [0.2, 0.25) is 0 Å². The molecular weight excluding hydrogens is 278 g/mol. The average Bonchev–Trinajstić information content (AvgIpc) is 2.82. The third-order valence-electron chi connectivity index (χ3n) is 3.64. The fourth-order valence-corrected chi connectivity index (χ4v) is 2.50. The van der Waals surface area contributed by atoms with Crippen molar-refractivity contribution in [1.29, 1.82) is 0 Å². The maximum Gasteiger partial charge on any atom is 0.245 e. The van der Waals surface area contributed by atoms with Crippen LogP contribution in [0, 0.1) is 0 Å². The van der Waals surface area contributed by atoms with E-state index in [1.165, 1.54) is 5.56 Å². The van der Waals surface area contributed by atoms with Gasteiger partial charge in [0, 0.05) is 18.1 Å². The molecular formula is C17H25N3O2. The van der Waals surface area contributed by atoms with E-state index in [9.17, 15) is 4.79 Å². The Morgan fingerprint density at radius 3 is 2.50 bits per heavy atom. The van der Waals surface area contributed by atoms with E-state index >= 15 is 0 Å². The number of likely N-dealkylation sites (N-methyl/N-ethyl adjacent to an activating group) is 2. The Morgan fingerprint density at radius 1 is 1.18 bits per heavy atom. The zero-order chi connectivity index (χ0) is 16.3. The molecule has 0 radical (unpaired) electrons. The molecule has 0 aliphatic heterocycles. The summed E-state index contributed by atoms with van der Waals surface area (Å²) < 4.78 is 7.09. The Bertz CT molecular complexity index is 659. The molecule has 2 aromatic rings. The fourth-order valence-electron chi connectivity index (χ4n) is 2.50. The van der Waals surface area contributed by atoms with E-state index in [0.717, 1.165) is 29.6 Å². The van der Waals surface area contributed by atoms with Crippen LogP contribution >= 0.6 is 0 Å². The van der Waals surface area contributed by atoms with Crippen LogP contribution in [0.15, 0.2) is 24.4 Å². The molecule has 1 heterocycles. The molecule has 0 unspecified atom stereocenters. The van der Waals surface area contributed by atoms with E-state index in [0.29, 0.717) is 6.54 Å². The van der Waals surface area contributed by atoms with Gasteiger partial charge in [0.2, 0.25) is 5.91 Å². The van der Waals surface area contributed by atoms with E-state index in [1.54, 1.807) is 11.7 Å². The number of ether oxygens (including phenoxy) is 1. The van der Waals surface area contributed by atoms with Crippen LogP contribution in [0.4, 0.5) is 0 Å². The first-order chi connectivity index (χ1) is 10.4. The number of carbonyl (C=O) groups is 1. The van der Waals surface area contributed by atoms with Gasteiger partial charge in [0.1, 0.15) is 5.75 Å². The predicted molar refractivity (Wildman–Crippen MR) is 89.9 cm³/mol. The topological polar surface area (TPSA) is 37.7 Å². The summed E-state index contributed by atoms with van der Waals surface area (Å²) in [6, 6.07) is 5.87. The molecule has 1 aromatic carbocycles. The maximum atomic E-state index is 12.5. The van der Waals surface area contributed by atoms with E-state index in [2.05, 4.69) is 19.0 Å². The van der Waals surface area contributed by atoms with Gasteiger partial charge in [0.25, 0.3) is 0 Å². The number of nitrogens with zero attached hydrogens (tertiary/aromatic N) is 3. The summed E-state index contributed by atoms with van der Waals surface area (Å²) in [5.74, 6) is 0.896. The van der Waals surface area contributed by atoms with Crippen molar-refractivity contribution in [2.24, 2.45) is 0 Å². The van der Waals surface area contributed by atoms with Crippen molar-refractivity contribution in [3.63, 3.8) is 0 Å². The van der Waals surface area contributed by atoms with Crippen molar-refractivity contribution in [3.05, 3.63) is 30.0 Å². The largest absolute Gasteiger partial charge is 0.497 e. The number of rotatable bonds is 6. The summed E-state index contributed by atoms with van der Waals surface area (Å²) >= 11 is 0. The Balaban J connectivity index is 2.46. The molecule has 0 fully saturated rings. The lowest BCUT2D eigenvalue weighted by molar-refractivity contribution is 0.0881. The smallest absolute Gasteiger partial charge is 0.245 e. The molecule has 0 N–H and O–H groups in total. The zero-order valence-corrected chi connectivity index (χ0v) is 14.1. The first-order valence-electron chi connectivity index (χ1n) is 7.43. The summed E-state index contributed by atoms with van der Waals surface area (Å²) in [7, 11) is 9.57. The molecule has 0 amide bonds. The molecule has 0 atom stereocenters. The van der Waals surface area contributed by atoms with Gasteiger partial charge in [-0.15, -0.1) is 0 Å². The van der Waals surface area contributed by atoms with Gasteiger partial charge in [-0.25, -0.2) is 0 Å². The molecule has 5 nitrogen and oxygen atoms in total. The van der Waals surface area contributed by atoms with E-state index in [-0.39, 0.29) is 5.91 Å². The number of hydrogen-bond donors (Lipinski definition) is 0. The highest BCUT2D eigenvalue weighted by Gasteiger charge is 2.15. The quantitative estimate of drug-likeness (QED) is 0.817. The second kappa shape index (κ2) is 6.94. The molecule has 0 aliphatic rings. The van der Waals surface area contributed by atoms with Crippen molar-refractivity contribution < 1.29 is 9.53 Å². The highest BCUT2D eigenvalue weighted by atomic mass is 16.5. The molecule has 0 saturated carbocycles. The minimum Gasteiger partial charge on any atom is -0.497 e. The average molecular weight is 303 g/mol. The summed E-state index contributed by atoms with van der Waals surface area (Å²) in [4.78, 5) is 16.5. The second-order valence-corrected chi connectivity index (χ2v) is 6.09. The van der Waals surface area contributed by atoms with E-state index in [4.69, 9.17) is 4.74 Å². The maximum absolute atomic E-state index is 12.5. The molecule has 0 saturated heterocycles. The van der Waals surface area contributed by atoms with Crippen LogP contribution in [0.1, 0.15) is 10.4 Å². The fraction of sp³-hybridized carbons (Fsp3) is 0.471. The predicted octanol–water partition coefficient (Wildman–Crippen LogP) is 1.96. The lowest BCUT2D eigenvalue weighted by Crippen LogP contribution is -2.25. The molecule has 0 aliphatic carbocycles. The van der Waals surface area contributed by atoms with Crippen LogP contribution in [-0.2, 0) is 6.42 Å². The van der Waals surface area contributed by atoms with Crippen molar-refractivity contribution in [3.8, 4) is 5.75 Å². The SMILES string of the molecule is COc1ccc2c(c1)c(CCN(C)C)cn2C(=O)CN(C)C. The van der Waals surface area contributed by atoms with Crippen LogP contribution in [0.25, 0.3) is 10.9 Å². The number of benzene rings is 1. The Hall–Kier alpha value is -1.85. The van der Waals surface area contributed by atoms with Crippen molar-refractivity contribution in [2.45, 2.75) is 6.42 Å². The minimum absolute atomic E-state index is 0.0799. The van der Waals surface area contributed by atoms with Gasteiger partial charge in [0.15, 0.2) is 0 Å². The highest BCUT2D eigenvalue weighted by Crippen LogP contribution is 2.26. The summed E-state index contributed by atoms with van der Waals surface area (Å²) in [6.07, 6.45) is 2.87. The van der Waals surface area contributed by atoms with Gasteiger partial charge in [-0.3, -0.25) is 9.36 Å². The lowest BCUT2D eigenvalue weighted by Gasteiger charge is -2.10. The van der Waals surface area contributed by atoms with Crippen molar-refractivity contribution >= 4 is 16.8 Å². The molecule has 0 spiro atoms. The Morgan fingerprint density at radius 2 is 1.91 bits per heavy atom. The normalized spacial score (nSPS) is 11.6. The summed E-state index contributed by atoms with van der Waals surface area (Å²) in [6.45, 7) is 1.33. The van der Waals surface area contributed by atoms with Gasteiger partial charge in [-0.2, -0.15) is 0 Å². The number of fused-ring (bicyclic) bond motifs is 1. The van der Waals surface area contributed by atoms with Crippen LogP contribution < -0.4 is 4.74 Å². The Labute approximate surface area is 132 Å². The molecule has 2 rings (SSSR count). The summed E-state index contributed by atoms with van der Waals surface area (Å²) in [5.41, 5.74) is 2.12. The van der Waals surface area contributed by atoms with Crippen molar-refractivity contribution in [1.82, 2.24) is 14.4 Å². The highest BCUT2D eigenvalue weighted by molar-refractivity contribution is 5.95. The van der Waals surface area contributed by atoms with E-state index < -0.39 is 0 Å². The first-order valence-corrected chi connectivity index (χ1v) is 7.43. The van der Waals surface area contributed by atoms with Crippen LogP contribution in [-0.4, -0.2) is 68.7 Å². The third-order valence-corrected chi connectivity index (χ3v) is 3.64. The van der Waals surface area contributed by atoms with Gasteiger partial charge < -0.3 is 14.5 Å². The molecule has 1 aromatic heterocycles. The third kappa shape index (κ3) is 3.67. The molecule has 5 heteroatoms. The molecule has 22 heavy (non-hydrogen) atoms. The van der Waals surface area contributed by atoms with Gasteiger partial charge in [-0.1, -0.05) is 0 Å². The molecule has 120 valence electrons.